The monoisotopic (exact) mass is 444 g/mol. The summed E-state index contributed by atoms with van der Waals surface area (Å²) in [6.45, 7) is 0. The van der Waals surface area contributed by atoms with E-state index in [-0.39, 0.29) is 33.8 Å². The number of thiol groups is 1. The summed E-state index contributed by atoms with van der Waals surface area (Å²) in [4.78, 5) is 26.7. The van der Waals surface area contributed by atoms with Gasteiger partial charge in [-0.3, -0.25) is 0 Å². The molecule has 0 saturated heterocycles. The fourth-order valence-electron chi connectivity index (χ4n) is 3.99. The minimum Gasteiger partial charge on any atom is -0.507 e. The molecule has 32 heavy (non-hydrogen) atoms. The zero-order valence-corrected chi connectivity index (χ0v) is 17.4. The quantitative estimate of drug-likeness (QED) is 0.274. The van der Waals surface area contributed by atoms with Crippen LogP contribution in [-0.4, -0.2) is 10.2 Å². The number of aromatic hydroxyl groups is 2. The Balaban J connectivity index is 1.92. The molecular formula is C25H16O6S. The topological polar surface area (TPSA) is 101 Å². The third-order valence-corrected chi connectivity index (χ3v) is 5.70. The summed E-state index contributed by atoms with van der Waals surface area (Å²) in [6.07, 6.45) is 0. The highest BCUT2D eigenvalue weighted by Crippen LogP contribution is 2.42. The Morgan fingerprint density at radius 3 is 1.69 bits per heavy atom. The predicted octanol–water partition coefficient (Wildman–Crippen LogP) is 4.78. The standard InChI is InChI=1S/C25H16O6S/c26-22-15-8-1-3-10-17(15)30-24(28)20(22)19(13-6-5-7-14(32)12-13)21-23(27)16-9-2-4-11-18(16)31-25(21)29/h1-12,19,26-27,32H. The van der Waals surface area contributed by atoms with Crippen LogP contribution in [0.5, 0.6) is 11.5 Å². The van der Waals surface area contributed by atoms with Crippen LogP contribution in [0.15, 0.2) is 96.1 Å². The molecule has 0 atom stereocenters. The van der Waals surface area contributed by atoms with Crippen LogP contribution in [0.3, 0.4) is 0 Å². The van der Waals surface area contributed by atoms with E-state index >= 15 is 0 Å². The molecule has 0 saturated carbocycles. The van der Waals surface area contributed by atoms with Crippen molar-refractivity contribution < 1.29 is 19.0 Å². The Kier molecular flexibility index (Phi) is 4.75. The number of hydrogen-bond donors (Lipinski definition) is 3. The molecule has 0 fully saturated rings. The average Bonchev–Trinajstić information content (AvgIpc) is 2.78. The second-order valence-corrected chi connectivity index (χ2v) is 7.84. The van der Waals surface area contributed by atoms with E-state index in [1.165, 1.54) is 0 Å². The van der Waals surface area contributed by atoms with Gasteiger partial charge in [-0.15, -0.1) is 12.6 Å². The van der Waals surface area contributed by atoms with E-state index in [1.54, 1.807) is 72.8 Å². The first-order valence-corrected chi connectivity index (χ1v) is 10.2. The second kappa shape index (κ2) is 7.62. The van der Waals surface area contributed by atoms with Gasteiger partial charge in [-0.1, -0.05) is 36.4 Å². The summed E-state index contributed by atoms with van der Waals surface area (Å²) >= 11 is 4.37. The molecule has 0 radical (unpaired) electrons. The number of rotatable bonds is 3. The highest BCUT2D eigenvalue weighted by atomic mass is 32.1. The third kappa shape index (κ3) is 3.14. The fourth-order valence-corrected chi connectivity index (χ4v) is 4.22. The molecule has 0 aliphatic rings. The highest BCUT2D eigenvalue weighted by molar-refractivity contribution is 7.80. The first kappa shape index (κ1) is 20.0. The van der Waals surface area contributed by atoms with Crippen LogP contribution in [0, 0.1) is 0 Å². The van der Waals surface area contributed by atoms with E-state index in [0.29, 0.717) is 21.2 Å². The summed E-state index contributed by atoms with van der Waals surface area (Å²) in [5.41, 5.74) is -1.16. The molecule has 3 aromatic carbocycles. The minimum atomic E-state index is -1.16. The number of para-hydroxylation sites is 2. The summed E-state index contributed by atoms with van der Waals surface area (Å²) in [5, 5.41) is 22.8. The van der Waals surface area contributed by atoms with Gasteiger partial charge in [0.2, 0.25) is 0 Å². The predicted molar refractivity (Wildman–Crippen MR) is 123 cm³/mol. The zero-order valence-electron chi connectivity index (χ0n) is 16.5. The second-order valence-electron chi connectivity index (χ2n) is 7.32. The van der Waals surface area contributed by atoms with E-state index in [1.807, 2.05) is 0 Å². The fraction of sp³-hybridized carbons (Fsp3) is 0.0400. The third-order valence-electron chi connectivity index (χ3n) is 5.42. The summed E-state index contributed by atoms with van der Waals surface area (Å²) in [7, 11) is 0. The van der Waals surface area contributed by atoms with Crippen molar-refractivity contribution in [3.05, 3.63) is 110 Å². The van der Waals surface area contributed by atoms with Gasteiger partial charge in [0.25, 0.3) is 0 Å². The first-order chi connectivity index (χ1) is 15.5. The summed E-state index contributed by atoms with van der Waals surface area (Å²) in [6, 6.07) is 19.8. The van der Waals surface area contributed by atoms with Crippen molar-refractivity contribution in [1.82, 2.24) is 0 Å². The van der Waals surface area contributed by atoms with Crippen molar-refractivity contribution in [1.29, 1.82) is 0 Å². The zero-order chi connectivity index (χ0) is 22.4. The Hall–Kier alpha value is -3.97. The molecule has 2 N–H and O–H groups in total. The van der Waals surface area contributed by atoms with Gasteiger partial charge in [-0.25, -0.2) is 9.59 Å². The summed E-state index contributed by atoms with van der Waals surface area (Å²) < 4.78 is 10.9. The Morgan fingerprint density at radius 1 is 0.688 bits per heavy atom. The molecular weight excluding hydrogens is 428 g/mol. The van der Waals surface area contributed by atoms with Gasteiger partial charge in [0.05, 0.1) is 27.8 Å². The van der Waals surface area contributed by atoms with Gasteiger partial charge >= 0.3 is 11.3 Å². The van der Waals surface area contributed by atoms with Gasteiger partial charge in [0, 0.05) is 4.90 Å². The molecule has 2 aromatic heterocycles. The van der Waals surface area contributed by atoms with Crippen molar-refractivity contribution in [3.63, 3.8) is 0 Å². The Bertz CT molecular complexity index is 1520. The van der Waals surface area contributed by atoms with Gasteiger partial charge in [0.1, 0.15) is 22.7 Å². The maximum absolute atomic E-state index is 13.1. The maximum atomic E-state index is 13.1. The molecule has 0 spiro atoms. The smallest absolute Gasteiger partial charge is 0.344 e. The molecule has 0 aliphatic heterocycles. The molecule has 0 aliphatic carbocycles. The van der Waals surface area contributed by atoms with Crippen molar-refractivity contribution in [2.75, 3.05) is 0 Å². The molecule has 6 nitrogen and oxygen atoms in total. The van der Waals surface area contributed by atoms with Crippen molar-refractivity contribution in [3.8, 4) is 11.5 Å². The molecule has 0 bridgehead atoms. The molecule has 5 rings (SSSR count). The maximum Gasteiger partial charge on any atom is 0.344 e. The Labute approximate surface area is 186 Å². The van der Waals surface area contributed by atoms with Crippen LogP contribution in [0.1, 0.15) is 22.6 Å². The molecule has 0 amide bonds. The van der Waals surface area contributed by atoms with Crippen molar-refractivity contribution in [2.24, 2.45) is 0 Å². The average molecular weight is 444 g/mol. The molecule has 2 heterocycles. The van der Waals surface area contributed by atoms with Crippen LogP contribution in [0.2, 0.25) is 0 Å². The van der Waals surface area contributed by atoms with Crippen LogP contribution >= 0.6 is 12.6 Å². The normalized spacial score (nSPS) is 11.4. The van der Waals surface area contributed by atoms with Crippen LogP contribution in [0.4, 0.5) is 0 Å². The number of hydrogen-bond acceptors (Lipinski definition) is 7. The van der Waals surface area contributed by atoms with Crippen molar-refractivity contribution in [2.45, 2.75) is 10.8 Å². The summed E-state index contributed by atoms with van der Waals surface area (Å²) in [5.74, 6) is -1.83. The van der Waals surface area contributed by atoms with Gasteiger partial charge in [0.15, 0.2) is 0 Å². The molecule has 7 heteroatoms. The number of benzene rings is 3. The van der Waals surface area contributed by atoms with Gasteiger partial charge in [-0.05, 0) is 42.0 Å². The molecule has 0 unspecified atom stereocenters. The van der Waals surface area contributed by atoms with E-state index in [4.69, 9.17) is 8.83 Å². The van der Waals surface area contributed by atoms with E-state index in [2.05, 4.69) is 12.6 Å². The van der Waals surface area contributed by atoms with E-state index in [9.17, 15) is 19.8 Å². The van der Waals surface area contributed by atoms with E-state index < -0.39 is 17.2 Å². The lowest BCUT2D eigenvalue weighted by molar-refractivity contribution is 0.441. The largest absolute Gasteiger partial charge is 0.507 e. The first-order valence-electron chi connectivity index (χ1n) is 9.74. The van der Waals surface area contributed by atoms with E-state index in [0.717, 1.165) is 0 Å². The lowest BCUT2D eigenvalue weighted by Crippen LogP contribution is -2.21. The lowest BCUT2D eigenvalue weighted by Gasteiger charge is -2.20. The van der Waals surface area contributed by atoms with Gasteiger partial charge in [-0.2, -0.15) is 0 Å². The Morgan fingerprint density at radius 2 is 1.19 bits per heavy atom. The van der Waals surface area contributed by atoms with Crippen molar-refractivity contribution >= 4 is 34.6 Å². The lowest BCUT2D eigenvalue weighted by atomic mass is 9.84. The minimum absolute atomic E-state index is 0.180. The molecule has 5 aromatic rings. The highest BCUT2D eigenvalue weighted by Gasteiger charge is 2.32. The van der Waals surface area contributed by atoms with Crippen LogP contribution in [-0.2, 0) is 0 Å². The van der Waals surface area contributed by atoms with Crippen LogP contribution < -0.4 is 11.3 Å². The SMILES string of the molecule is O=c1oc2ccccc2c(O)c1C(c1cccc(S)c1)c1c(O)c2ccccc2oc1=O. The number of fused-ring (bicyclic) bond motifs is 2. The van der Waals surface area contributed by atoms with Crippen LogP contribution in [0.25, 0.3) is 21.9 Å². The molecule has 158 valence electrons. The van der Waals surface area contributed by atoms with Gasteiger partial charge < -0.3 is 19.0 Å².